The Hall–Kier alpha value is -1.98. The average molecular weight is 720 g/mol. The highest BCUT2D eigenvalue weighted by atomic mass is 35.6. The SMILES string of the molecule is CC(C)(C)OC(=O)N1C[C@H]2CC(c3ccc(CCCO[Si](C)(C)C(C)(C)C)cc3)=C(C(=O)O)[C@@H](C1)N2C(=O)OC(C)(C)C(Cl)(Cl)Cl. The van der Waals surface area contributed by atoms with Gasteiger partial charge in [-0.3, -0.25) is 4.90 Å². The second-order valence-electron chi connectivity index (χ2n) is 15.1. The van der Waals surface area contributed by atoms with E-state index in [0.29, 0.717) is 12.2 Å². The third kappa shape index (κ3) is 9.12. The van der Waals surface area contributed by atoms with E-state index in [9.17, 15) is 19.5 Å². The summed E-state index contributed by atoms with van der Waals surface area (Å²) in [6.45, 7) is 20.0. The lowest BCUT2D eigenvalue weighted by atomic mass is 9.82. The molecule has 0 saturated carbocycles. The molecule has 2 heterocycles. The van der Waals surface area contributed by atoms with Gasteiger partial charge in [0.25, 0.3) is 0 Å². The maximum Gasteiger partial charge on any atom is 0.411 e. The summed E-state index contributed by atoms with van der Waals surface area (Å²) in [6.07, 6.45) is 0.450. The summed E-state index contributed by atoms with van der Waals surface area (Å²) in [6, 6.07) is 6.20. The third-order valence-corrected chi connectivity index (χ3v) is 14.9. The molecule has 2 bridgehead atoms. The van der Waals surface area contributed by atoms with Crippen molar-refractivity contribution >= 4 is 66.8 Å². The summed E-state index contributed by atoms with van der Waals surface area (Å²) in [5.41, 5.74) is 0.187. The fourth-order valence-electron chi connectivity index (χ4n) is 5.23. The number of benzene rings is 1. The minimum Gasteiger partial charge on any atom is -0.478 e. The molecule has 1 aromatic carbocycles. The number of alkyl halides is 3. The number of carboxylic acid groups (broad SMARTS) is 1. The molecular formula is C33H49Cl3N2O7Si. The topological polar surface area (TPSA) is 106 Å². The van der Waals surface area contributed by atoms with Crippen molar-refractivity contribution in [1.82, 2.24) is 9.80 Å². The fraction of sp³-hybridized carbons (Fsp3) is 0.667. The molecule has 3 rings (SSSR count). The number of aliphatic carboxylic acids is 1. The Morgan fingerprint density at radius 2 is 1.50 bits per heavy atom. The Morgan fingerprint density at radius 1 is 0.913 bits per heavy atom. The number of ether oxygens (including phenoxy) is 2. The summed E-state index contributed by atoms with van der Waals surface area (Å²) < 4.78 is 15.6. The lowest BCUT2D eigenvalue weighted by molar-refractivity contribution is -0.134. The van der Waals surface area contributed by atoms with Crippen molar-refractivity contribution in [3.8, 4) is 0 Å². The van der Waals surface area contributed by atoms with Crippen molar-refractivity contribution in [3.05, 3.63) is 41.0 Å². The summed E-state index contributed by atoms with van der Waals surface area (Å²) in [7, 11) is -1.82. The van der Waals surface area contributed by atoms with E-state index in [1.807, 2.05) is 24.3 Å². The number of piperazine rings is 1. The summed E-state index contributed by atoms with van der Waals surface area (Å²) >= 11 is 18.3. The highest BCUT2D eigenvalue weighted by molar-refractivity contribution is 6.74. The lowest BCUT2D eigenvalue weighted by Crippen LogP contribution is -2.65. The van der Waals surface area contributed by atoms with Crippen LogP contribution in [0.2, 0.25) is 18.1 Å². The van der Waals surface area contributed by atoms with Gasteiger partial charge in [0, 0.05) is 19.7 Å². The highest BCUT2D eigenvalue weighted by Crippen LogP contribution is 2.43. The molecule has 46 heavy (non-hydrogen) atoms. The minimum absolute atomic E-state index is 0.00340. The van der Waals surface area contributed by atoms with Gasteiger partial charge in [-0.05, 0) is 88.7 Å². The van der Waals surface area contributed by atoms with Gasteiger partial charge in [0.05, 0.1) is 17.7 Å². The normalized spacial score (nSPS) is 19.7. The number of nitrogens with zero attached hydrogens (tertiary/aromatic N) is 2. The molecule has 1 saturated heterocycles. The molecule has 0 unspecified atom stereocenters. The van der Waals surface area contributed by atoms with E-state index in [0.717, 1.165) is 24.0 Å². The van der Waals surface area contributed by atoms with E-state index >= 15 is 0 Å². The molecule has 1 aromatic rings. The number of carbonyl (C=O) groups is 3. The lowest BCUT2D eigenvalue weighted by Gasteiger charge is -2.50. The van der Waals surface area contributed by atoms with Crippen molar-refractivity contribution in [2.75, 3.05) is 19.7 Å². The van der Waals surface area contributed by atoms with Crippen LogP contribution in [0, 0.1) is 0 Å². The molecule has 0 spiro atoms. The zero-order valence-electron chi connectivity index (χ0n) is 28.6. The first-order valence-corrected chi connectivity index (χ1v) is 19.6. The molecule has 1 N–H and O–H groups in total. The summed E-state index contributed by atoms with van der Waals surface area (Å²) in [4.78, 5) is 42.5. The Kier molecular flexibility index (Phi) is 11.6. The second kappa shape index (κ2) is 13.9. The third-order valence-electron chi connectivity index (χ3n) is 8.95. The molecule has 2 amide bonds. The van der Waals surface area contributed by atoms with Crippen LogP contribution in [0.1, 0.15) is 79.4 Å². The van der Waals surface area contributed by atoms with Crippen molar-refractivity contribution in [2.45, 2.75) is 120 Å². The molecule has 2 aliphatic heterocycles. The van der Waals surface area contributed by atoms with E-state index in [1.165, 1.54) is 23.6 Å². The number of carboxylic acids is 1. The van der Waals surface area contributed by atoms with Gasteiger partial charge in [0.15, 0.2) is 13.9 Å². The van der Waals surface area contributed by atoms with E-state index < -0.39 is 53.6 Å². The number of hydrogen-bond donors (Lipinski definition) is 1. The minimum atomic E-state index is -1.94. The Morgan fingerprint density at radius 3 is 2.00 bits per heavy atom. The first-order chi connectivity index (χ1) is 20.8. The van der Waals surface area contributed by atoms with Crippen LogP contribution in [-0.4, -0.2) is 88.2 Å². The molecule has 0 aliphatic carbocycles. The maximum absolute atomic E-state index is 13.6. The van der Waals surface area contributed by atoms with E-state index in [-0.39, 0.29) is 30.1 Å². The molecular weight excluding hydrogens is 671 g/mol. The standard InChI is InChI=1S/C33H49Cl3N2O7Si/c1-30(2,3)44-28(41)37-19-23-18-24(22-15-13-21(14-16-22)12-11-17-43-46(9,10)31(4,5)6)26(27(39)40)25(20-37)38(23)29(42)45-32(7,8)33(34,35)36/h13-16,23,25H,11-12,17-20H2,1-10H3,(H,39,40)/t23-,25-/m1/s1. The quantitative estimate of drug-likeness (QED) is 0.163. The molecule has 0 aromatic heterocycles. The molecule has 0 radical (unpaired) electrons. The molecule has 13 heteroatoms. The Balaban J connectivity index is 1.91. The molecule has 2 aliphatic rings. The number of halogens is 3. The van der Waals surface area contributed by atoms with E-state index in [1.54, 1.807) is 20.8 Å². The summed E-state index contributed by atoms with van der Waals surface area (Å²) in [5, 5.41) is 10.7. The summed E-state index contributed by atoms with van der Waals surface area (Å²) in [5.74, 6) is -1.20. The average Bonchev–Trinajstić information content (AvgIpc) is 2.87. The van der Waals surface area contributed by atoms with Crippen molar-refractivity contribution in [3.63, 3.8) is 0 Å². The predicted molar refractivity (Wildman–Crippen MR) is 185 cm³/mol. The largest absolute Gasteiger partial charge is 0.478 e. The van der Waals surface area contributed by atoms with Crippen LogP contribution >= 0.6 is 34.8 Å². The zero-order chi connectivity index (χ0) is 35.0. The first kappa shape index (κ1) is 38.5. The van der Waals surface area contributed by atoms with Gasteiger partial charge < -0.3 is 23.9 Å². The van der Waals surface area contributed by atoms with Crippen LogP contribution in [0.3, 0.4) is 0 Å². The van der Waals surface area contributed by atoms with Gasteiger partial charge in [-0.15, -0.1) is 0 Å². The van der Waals surface area contributed by atoms with Gasteiger partial charge in [0.1, 0.15) is 5.60 Å². The first-order valence-electron chi connectivity index (χ1n) is 15.6. The van der Waals surface area contributed by atoms with E-state index in [4.69, 9.17) is 48.7 Å². The number of rotatable bonds is 8. The fourth-order valence-corrected chi connectivity index (χ4v) is 6.43. The number of amides is 2. The molecule has 2 atom stereocenters. The Bertz CT molecular complexity index is 1330. The zero-order valence-corrected chi connectivity index (χ0v) is 31.9. The molecule has 258 valence electrons. The van der Waals surface area contributed by atoms with Gasteiger partial charge in [-0.25, -0.2) is 14.4 Å². The van der Waals surface area contributed by atoms with Crippen LogP contribution in [0.15, 0.2) is 29.8 Å². The number of carbonyl (C=O) groups excluding carboxylic acids is 2. The van der Waals surface area contributed by atoms with Crippen molar-refractivity contribution in [1.29, 1.82) is 0 Å². The van der Waals surface area contributed by atoms with Gasteiger partial charge in [-0.1, -0.05) is 79.8 Å². The molecule has 1 fully saturated rings. The van der Waals surface area contributed by atoms with Crippen molar-refractivity contribution in [2.24, 2.45) is 0 Å². The van der Waals surface area contributed by atoms with Crippen molar-refractivity contribution < 1.29 is 33.4 Å². The van der Waals surface area contributed by atoms with E-state index in [2.05, 4.69) is 33.9 Å². The maximum atomic E-state index is 13.6. The van der Waals surface area contributed by atoms with Gasteiger partial charge in [-0.2, -0.15) is 0 Å². The highest BCUT2D eigenvalue weighted by Gasteiger charge is 2.52. The van der Waals surface area contributed by atoms with Gasteiger partial charge >= 0.3 is 18.2 Å². The van der Waals surface area contributed by atoms with Crippen LogP contribution in [0.5, 0.6) is 0 Å². The smallest absolute Gasteiger partial charge is 0.411 e. The Labute approximate surface area is 289 Å². The predicted octanol–water partition coefficient (Wildman–Crippen LogP) is 8.46. The van der Waals surface area contributed by atoms with Crippen LogP contribution in [0.4, 0.5) is 9.59 Å². The van der Waals surface area contributed by atoms with Crippen LogP contribution < -0.4 is 0 Å². The van der Waals surface area contributed by atoms with Crippen LogP contribution in [0.25, 0.3) is 5.57 Å². The number of fused-ring (bicyclic) bond motifs is 2. The number of aryl methyl sites for hydroxylation is 1. The molecule has 9 nitrogen and oxygen atoms in total. The van der Waals surface area contributed by atoms with Crippen LogP contribution in [-0.2, 0) is 25.1 Å². The number of hydrogen-bond acceptors (Lipinski definition) is 6. The monoisotopic (exact) mass is 718 g/mol. The second-order valence-corrected chi connectivity index (χ2v) is 22.2. The van der Waals surface area contributed by atoms with Gasteiger partial charge in [0.2, 0.25) is 3.79 Å².